The Morgan fingerprint density at radius 2 is 1.81 bits per heavy atom. The quantitative estimate of drug-likeness (QED) is 0.593. The number of aromatic nitrogens is 3. The number of benzene rings is 2. The standard InChI is InChI=1S/C21H19ClF3N5O2/c1-19(2,3)20(10-26,11-30-28-16-7-4-12(22)8-17(16)29-30)15-9-13(32-21(23,24)25)5-6-14(15)18(27)31/h4-9H,11H2,1-3H3,(H2,27,31). The number of primary amides is 1. The van der Waals surface area contributed by atoms with E-state index in [1.165, 1.54) is 4.80 Å². The predicted octanol–water partition coefficient (Wildman–Crippen LogP) is 4.59. The smallest absolute Gasteiger partial charge is 0.406 e. The summed E-state index contributed by atoms with van der Waals surface area (Å²) in [5, 5.41) is 19.5. The molecule has 1 aromatic heterocycles. The summed E-state index contributed by atoms with van der Waals surface area (Å²) in [6.07, 6.45) is -4.96. The second-order valence-corrected chi connectivity index (χ2v) is 8.69. The molecule has 11 heteroatoms. The van der Waals surface area contributed by atoms with Gasteiger partial charge < -0.3 is 10.5 Å². The van der Waals surface area contributed by atoms with Crippen LogP contribution in [0.5, 0.6) is 5.75 Å². The van der Waals surface area contributed by atoms with E-state index in [1.807, 2.05) is 0 Å². The molecule has 3 rings (SSSR count). The summed E-state index contributed by atoms with van der Waals surface area (Å²) in [7, 11) is 0. The molecule has 0 bridgehead atoms. The monoisotopic (exact) mass is 465 g/mol. The Labute approximate surface area is 186 Å². The Bertz CT molecular complexity index is 1230. The van der Waals surface area contributed by atoms with E-state index in [0.29, 0.717) is 16.1 Å². The fourth-order valence-electron chi connectivity index (χ4n) is 3.49. The molecule has 0 radical (unpaired) electrons. The molecule has 0 spiro atoms. The highest BCUT2D eigenvalue weighted by atomic mass is 35.5. The van der Waals surface area contributed by atoms with Crippen LogP contribution in [0, 0.1) is 16.7 Å². The lowest BCUT2D eigenvalue weighted by atomic mass is 9.62. The van der Waals surface area contributed by atoms with Crippen molar-refractivity contribution in [1.82, 2.24) is 15.0 Å². The molecule has 0 saturated carbocycles. The van der Waals surface area contributed by atoms with Crippen LogP contribution in [0.15, 0.2) is 36.4 Å². The van der Waals surface area contributed by atoms with Crippen molar-refractivity contribution in [2.75, 3.05) is 0 Å². The van der Waals surface area contributed by atoms with Gasteiger partial charge in [0.1, 0.15) is 22.2 Å². The number of fused-ring (bicyclic) bond motifs is 1. The Morgan fingerprint density at radius 1 is 1.16 bits per heavy atom. The minimum Gasteiger partial charge on any atom is -0.406 e. The van der Waals surface area contributed by atoms with Crippen LogP contribution in [-0.4, -0.2) is 27.3 Å². The van der Waals surface area contributed by atoms with Crippen molar-refractivity contribution in [2.24, 2.45) is 11.1 Å². The van der Waals surface area contributed by atoms with Crippen molar-refractivity contribution in [3.8, 4) is 11.8 Å². The highest BCUT2D eigenvalue weighted by Crippen LogP contribution is 2.45. The van der Waals surface area contributed by atoms with Gasteiger partial charge in [0.05, 0.1) is 12.6 Å². The highest BCUT2D eigenvalue weighted by Gasteiger charge is 2.47. The van der Waals surface area contributed by atoms with E-state index >= 15 is 0 Å². The van der Waals surface area contributed by atoms with E-state index in [-0.39, 0.29) is 17.7 Å². The summed E-state index contributed by atoms with van der Waals surface area (Å²) < 4.78 is 42.5. The highest BCUT2D eigenvalue weighted by molar-refractivity contribution is 6.31. The molecule has 3 aromatic rings. The number of carbonyl (C=O) groups excluding carboxylic acids is 1. The molecule has 0 fully saturated rings. The zero-order chi connectivity index (χ0) is 23.9. The minimum atomic E-state index is -4.96. The number of alkyl halides is 3. The summed E-state index contributed by atoms with van der Waals surface area (Å²) in [5.74, 6) is -1.47. The molecule has 1 atom stereocenters. The number of nitrogens with two attached hydrogens (primary N) is 1. The fraction of sp³-hybridized carbons (Fsp3) is 0.333. The zero-order valence-corrected chi connectivity index (χ0v) is 18.1. The van der Waals surface area contributed by atoms with E-state index in [0.717, 1.165) is 18.2 Å². The van der Waals surface area contributed by atoms with Gasteiger partial charge in [-0.25, -0.2) is 0 Å². The van der Waals surface area contributed by atoms with Gasteiger partial charge in [0, 0.05) is 10.6 Å². The van der Waals surface area contributed by atoms with Gasteiger partial charge in [0.15, 0.2) is 0 Å². The molecule has 7 nitrogen and oxygen atoms in total. The summed E-state index contributed by atoms with van der Waals surface area (Å²) in [5.41, 5.74) is 3.92. The summed E-state index contributed by atoms with van der Waals surface area (Å²) in [6.45, 7) is 4.99. The van der Waals surface area contributed by atoms with Gasteiger partial charge in [-0.05, 0) is 47.4 Å². The number of ether oxygens (including phenoxy) is 1. The van der Waals surface area contributed by atoms with Crippen LogP contribution in [0.3, 0.4) is 0 Å². The number of nitriles is 1. The van der Waals surface area contributed by atoms with E-state index in [2.05, 4.69) is 21.0 Å². The van der Waals surface area contributed by atoms with Crippen LogP contribution < -0.4 is 10.5 Å². The number of amides is 1. The van der Waals surface area contributed by atoms with Gasteiger partial charge in [-0.2, -0.15) is 20.3 Å². The van der Waals surface area contributed by atoms with Crippen molar-refractivity contribution < 1.29 is 22.7 Å². The van der Waals surface area contributed by atoms with E-state index < -0.39 is 28.8 Å². The summed E-state index contributed by atoms with van der Waals surface area (Å²) in [4.78, 5) is 13.4. The zero-order valence-electron chi connectivity index (χ0n) is 17.4. The maximum atomic E-state index is 12.8. The van der Waals surface area contributed by atoms with Gasteiger partial charge in [0.2, 0.25) is 5.91 Å². The lowest BCUT2D eigenvalue weighted by Crippen LogP contribution is -2.44. The third-order valence-corrected chi connectivity index (χ3v) is 5.42. The van der Waals surface area contributed by atoms with Gasteiger partial charge in [-0.3, -0.25) is 4.79 Å². The molecule has 2 N–H and O–H groups in total. The van der Waals surface area contributed by atoms with Crippen LogP contribution in [0.1, 0.15) is 36.7 Å². The van der Waals surface area contributed by atoms with Gasteiger partial charge in [-0.15, -0.1) is 13.2 Å². The maximum absolute atomic E-state index is 12.8. The van der Waals surface area contributed by atoms with Crippen LogP contribution in [0.2, 0.25) is 5.02 Å². The predicted molar refractivity (Wildman–Crippen MR) is 111 cm³/mol. The number of carbonyl (C=O) groups is 1. The van der Waals surface area contributed by atoms with Gasteiger partial charge in [0.25, 0.3) is 0 Å². The average Bonchev–Trinajstić information content (AvgIpc) is 3.04. The van der Waals surface area contributed by atoms with Crippen LogP contribution in [0.25, 0.3) is 11.0 Å². The third-order valence-electron chi connectivity index (χ3n) is 5.18. The molecular formula is C21H19ClF3N5O2. The number of hydrogen-bond acceptors (Lipinski definition) is 5. The van der Waals surface area contributed by atoms with Crippen molar-refractivity contribution >= 4 is 28.5 Å². The Hall–Kier alpha value is -3.32. The Kier molecular flexibility index (Phi) is 5.82. The van der Waals surface area contributed by atoms with Crippen LogP contribution in [-0.2, 0) is 12.0 Å². The van der Waals surface area contributed by atoms with Gasteiger partial charge in [-0.1, -0.05) is 32.4 Å². The molecular weight excluding hydrogens is 447 g/mol. The van der Waals surface area contributed by atoms with Gasteiger partial charge >= 0.3 is 6.36 Å². The largest absolute Gasteiger partial charge is 0.573 e. The number of hydrogen-bond donors (Lipinski definition) is 1. The number of halogens is 4. The lowest BCUT2D eigenvalue weighted by molar-refractivity contribution is -0.274. The molecule has 1 amide bonds. The Balaban J connectivity index is 2.23. The molecule has 32 heavy (non-hydrogen) atoms. The number of rotatable bonds is 5. The second kappa shape index (κ2) is 7.98. The molecule has 0 aliphatic rings. The average molecular weight is 466 g/mol. The normalized spacial score (nSPS) is 14.1. The molecule has 0 aliphatic heterocycles. The molecule has 0 aliphatic carbocycles. The summed E-state index contributed by atoms with van der Waals surface area (Å²) >= 11 is 6.00. The minimum absolute atomic E-state index is 0.0128. The fourth-order valence-corrected chi connectivity index (χ4v) is 3.66. The van der Waals surface area contributed by atoms with Crippen molar-refractivity contribution in [2.45, 2.75) is 39.1 Å². The molecule has 2 aromatic carbocycles. The first-order chi connectivity index (χ1) is 14.8. The van der Waals surface area contributed by atoms with Crippen molar-refractivity contribution in [1.29, 1.82) is 5.26 Å². The topological polar surface area (TPSA) is 107 Å². The number of nitrogens with zero attached hydrogens (tertiary/aromatic N) is 4. The maximum Gasteiger partial charge on any atom is 0.573 e. The van der Waals surface area contributed by atoms with Crippen LogP contribution in [0.4, 0.5) is 13.2 Å². The van der Waals surface area contributed by atoms with Crippen molar-refractivity contribution in [3.63, 3.8) is 0 Å². The first-order valence-corrected chi connectivity index (χ1v) is 9.75. The second-order valence-electron chi connectivity index (χ2n) is 8.25. The van der Waals surface area contributed by atoms with E-state index in [9.17, 15) is 23.2 Å². The SMILES string of the molecule is CC(C)(C)C(C#N)(Cn1nc2ccc(Cl)cc2n1)c1cc(OC(F)(F)F)ccc1C(N)=O. The lowest BCUT2D eigenvalue weighted by Gasteiger charge is -2.40. The first-order valence-electron chi connectivity index (χ1n) is 9.37. The molecule has 0 saturated heterocycles. The third kappa shape index (κ3) is 4.48. The molecule has 168 valence electrons. The Morgan fingerprint density at radius 3 is 2.38 bits per heavy atom. The first kappa shape index (κ1) is 23.3. The van der Waals surface area contributed by atoms with E-state index in [4.69, 9.17) is 17.3 Å². The molecule has 1 unspecified atom stereocenters. The van der Waals surface area contributed by atoms with Crippen molar-refractivity contribution in [3.05, 3.63) is 52.5 Å². The van der Waals surface area contributed by atoms with E-state index in [1.54, 1.807) is 39.0 Å². The van der Waals surface area contributed by atoms with Crippen LogP contribution >= 0.6 is 11.6 Å². The summed E-state index contributed by atoms with van der Waals surface area (Å²) in [6, 6.07) is 10.2. The molecule has 1 heterocycles.